The minimum atomic E-state index is -3.96. The molecule has 0 aliphatic carbocycles. The Morgan fingerprint density at radius 3 is 2.33 bits per heavy atom. The number of ether oxygens (including phenoxy) is 1. The van der Waals surface area contributed by atoms with Gasteiger partial charge in [0.15, 0.2) is 5.78 Å². The number of rotatable bonds is 5. The fraction of sp³-hybridized carbons (Fsp3) is 0.176. The van der Waals surface area contributed by atoms with Crippen LogP contribution in [0.5, 0.6) is 0 Å². The van der Waals surface area contributed by atoms with Gasteiger partial charge in [0.25, 0.3) is 10.0 Å². The number of esters is 1. The molecule has 7 heteroatoms. The van der Waals surface area contributed by atoms with E-state index in [9.17, 15) is 18.0 Å². The van der Waals surface area contributed by atoms with Crippen molar-refractivity contribution in [2.45, 2.75) is 18.7 Å². The predicted molar refractivity (Wildman–Crippen MR) is 89.2 cm³/mol. The third kappa shape index (κ3) is 3.62. The van der Waals surface area contributed by atoms with E-state index in [1.54, 1.807) is 12.1 Å². The van der Waals surface area contributed by atoms with Crippen molar-refractivity contribution < 1.29 is 22.7 Å². The molecule has 0 radical (unpaired) electrons. The van der Waals surface area contributed by atoms with Gasteiger partial charge in [-0.3, -0.25) is 4.79 Å². The van der Waals surface area contributed by atoms with E-state index in [0.29, 0.717) is 5.56 Å². The first-order valence-corrected chi connectivity index (χ1v) is 8.51. The SMILES string of the molecule is COC(=O)c1cc(/C=C/C(C)=O)cn1S(=O)(=O)c1ccc(C)cc1. The highest BCUT2D eigenvalue weighted by Crippen LogP contribution is 2.20. The fourth-order valence-electron chi connectivity index (χ4n) is 2.04. The molecule has 2 aromatic rings. The second kappa shape index (κ2) is 6.84. The molecule has 6 nitrogen and oxygen atoms in total. The van der Waals surface area contributed by atoms with Crippen LogP contribution < -0.4 is 0 Å². The standard InChI is InChI=1S/C17H17NO5S/c1-12-4-8-15(9-5-12)24(21,22)18-11-14(7-6-13(2)19)10-16(18)17(20)23-3/h4-11H,1-3H3/b7-6+. The molecule has 2 rings (SSSR count). The quantitative estimate of drug-likeness (QED) is 0.613. The number of methoxy groups -OCH3 is 1. The van der Waals surface area contributed by atoms with Gasteiger partial charge in [0.05, 0.1) is 12.0 Å². The van der Waals surface area contributed by atoms with Crippen molar-refractivity contribution in [2.75, 3.05) is 7.11 Å². The van der Waals surface area contributed by atoms with Crippen molar-refractivity contribution in [3.8, 4) is 0 Å². The number of ketones is 1. The molecule has 0 amide bonds. The van der Waals surface area contributed by atoms with Crippen molar-refractivity contribution in [1.82, 2.24) is 3.97 Å². The van der Waals surface area contributed by atoms with Crippen molar-refractivity contribution >= 4 is 27.9 Å². The average molecular weight is 347 g/mol. The summed E-state index contributed by atoms with van der Waals surface area (Å²) in [6, 6.07) is 7.64. The molecule has 0 saturated heterocycles. The summed E-state index contributed by atoms with van der Waals surface area (Å²) in [6.45, 7) is 3.22. The Hall–Kier alpha value is -2.67. The van der Waals surface area contributed by atoms with E-state index < -0.39 is 16.0 Å². The van der Waals surface area contributed by atoms with Gasteiger partial charge in [0.2, 0.25) is 0 Å². The summed E-state index contributed by atoms with van der Waals surface area (Å²) in [5, 5.41) is 0. The first-order chi connectivity index (χ1) is 11.3. The topological polar surface area (TPSA) is 82.4 Å². The second-order valence-electron chi connectivity index (χ2n) is 5.21. The van der Waals surface area contributed by atoms with E-state index in [1.165, 1.54) is 50.6 Å². The lowest BCUT2D eigenvalue weighted by Gasteiger charge is -2.09. The van der Waals surface area contributed by atoms with Crippen LogP contribution in [0.3, 0.4) is 0 Å². The molecule has 24 heavy (non-hydrogen) atoms. The van der Waals surface area contributed by atoms with Gasteiger partial charge in [-0.15, -0.1) is 0 Å². The largest absolute Gasteiger partial charge is 0.464 e. The summed E-state index contributed by atoms with van der Waals surface area (Å²) in [7, 11) is -2.79. The molecule has 0 fully saturated rings. The highest BCUT2D eigenvalue weighted by Gasteiger charge is 2.24. The summed E-state index contributed by atoms with van der Waals surface area (Å²) in [4.78, 5) is 23.0. The van der Waals surface area contributed by atoms with Crippen LogP contribution >= 0.6 is 0 Å². The molecule has 0 saturated carbocycles. The number of aromatic nitrogens is 1. The number of carbonyl (C=O) groups is 2. The molecule has 1 heterocycles. The maximum absolute atomic E-state index is 12.8. The molecule has 1 aromatic carbocycles. The van der Waals surface area contributed by atoms with E-state index in [-0.39, 0.29) is 16.4 Å². The van der Waals surface area contributed by atoms with Crippen molar-refractivity contribution in [3.63, 3.8) is 0 Å². The second-order valence-corrected chi connectivity index (χ2v) is 7.02. The van der Waals surface area contributed by atoms with Crippen molar-refractivity contribution in [3.05, 3.63) is 59.4 Å². The van der Waals surface area contributed by atoms with E-state index >= 15 is 0 Å². The minimum Gasteiger partial charge on any atom is -0.464 e. The third-order valence-corrected chi connectivity index (χ3v) is 4.98. The maximum atomic E-state index is 12.8. The van der Waals surface area contributed by atoms with Crippen LogP contribution in [0.4, 0.5) is 0 Å². The Labute approximate surface area is 140 Å². The molecule has 126 valence electrons. The average Bonchev–Trinajstić information content (AvgIpc) is 2.97. The van der Waals surface area contributed by atoms with E-state index in [1.807, 2.05) is 6.92 Å². The zero-order chi connectivity index (χ0) is 17.9. The van der Waals surface area contributed by atoms with Gasteiger partial charge < -0.3 is 4.74 Å². The van der Waals surface area contributed by atoms with Gasteiger partial charge >= 0.3 is 5.97 Å². The Morgan fingerprint density at radius 1 is 1.17 bits per heavy atom. The van der Waals surface area contributed by atoms with Gasteiger partial charge in [-0.25, -0.2) is 17.2 Å². The van der Waals surface area contributed by atoms with E-state index in [2.05, 4.69) is 4.74 Å². The van der Waals surface area contributed by atoms with Gasteiger partial charge in [-0.2, -0.15) is 0 Å². The van der Waals surface area contributed by atoms with Gasteiger partial charge in [0.1, 0.15) is 5.69 Å². The number of hydrogen-bond donors (Lipinski definition) is 0. The number of allylic oxidation sites excluding steroid dienone is 1. The molecule has 1 aromatic heterocycles. The molecular weight excluding hydrogens is 330 g/mol. The lowest BCUT2D eigenvalue weighted by atomic mass is 10.2. The number of hydrogen-bond acceptors (Lipinski definition) is 5. The molecule has 0 aliphatic rings. The van der Waals surface area contributed by atoms with Gasteiger partial charge in [-0.05, 0) is 49.8 Å². The monoisotopic (exact) mass is 347 g/mol. The highest BCUT2D eigenvalue weighted by molar-refractivity contribution is 7.90. The summed E-state index contributed by atoms with van der Waals surface area (Å²) in [5.41, 5.74) is 1.18. The lowest BCUT2D eigenvalue weighted by Crippen LogP contribution is -2.18. The lowest BCUT2D eigenvalue weighted by molar-refractivity contribution is -0.112. The molecule has 0 bridgehead atoms. The molecule has 0 N–H and O–H groups in total. The van der Waals surface area contributed by atoms with Gasteiger partial charge in [-0.1, -0.05) is 17.7 Å². The van der Waals surface area contributed by atoms with Crippen LogP contribution in [0.1, 0.15) is 28.5 Å². The minimum absolute atomic E-state index is 0.0518. The highest BCUT2D eigenvalue weighted by atomic mass is 32.2. The first-order valence-electron chi connectivity index (χ1n) is 7.07. The Bertz CT molecular complexity index is 905. The fourth-order valence-corrected chi connectivity index (χ4v) is 3.40. The number of aryl methyl sites for hydroxylation is 1. The van der Waals surface area contributed by atoms with Crippen LogP contribution in [0.25, 0.3) is 6.08 Å². The Balaban J connectivity index is 2.60. The molecular formula is C17H17NO5S. The van der Waals surface area contributed by atoms with Crippen LogP contribution in [0.15, 0.2) is 47.5 Å². The summed E-state index contributed by atoms with van der Waals surface area (Å²) in [5.74, 6) is -0.975. The predicted octanol–water partition coefficient (Wildman–Crippen LogP) is 2.42. The Morgan fingerprint density at radius 2 is 1.79 bits per heavy atom. The molecule has 0 aliphatic heterocycles. The summed E-state index contributed by atoms with van der Waals surface area (Å²) >= 11 is 0. The molecule has 0 atom stereocenters. The number of nitrogens with zero attached hydrogens (tertiary/aromatic N) is 1. The first kappa shape index (κ1) is 17.7. The summed E-state index contributed by atoms with van der Waals surface area (Å²) < 4.78 is 31.1. The normalized spacial score (nSPS) is 11.6. The summed E-state index contributed by atoms with van der Waals surface area (Å²) in [6.07, 6.45) is 4.01. The zero-order valence-electron chi connectivity index (χ0n) is 13.5. The molecule has 0 unspecified atom stereocenters. The van der Waals surface area contributed by atoms with Crippen LogP contribution in [-0.4, -0.2) is 31.3 Å². The number of carbonyl (C=O) groups excluding carboxylic acids is 2. The molecule has 0 spiro atoms. The zero-order valence-corrected chi connectivity index (χ0v) is 14.3. The van der Waals surface area contributed by atoms with Crippen LogP contribution in [-0.2, 0) is 19.6 Å². The smallest absolute Gasteiger partial charge is 0.355 e. The Kier molecular flexibility index (Phi) is 5.04. The van der Waals surface area contributed by atoms with Crippen LogP contribution in [0.2, 0.25) is 0 Å². The van der Waals surface area contributed by atoms with E-state index in [4.69, 9.17) is 0 Å². The number of benzene rings is 1. The van der Waals surface area contributed by atoms with Crippen LogP contribution in [0, 0.1) is 6.92 Å². The van der Waals surface area contributed by atoms with Gasteiger partial charge in [0, 0.05) is 6.20 Å². The van der Waals surface area contributed by atoms with E-state index in [0.717, 1.165) is 9.54 Å². The maximum Gasteiger partial charge on any atom is 0.355 e. The van der Waals surface area contributed by atoms with Crippen molar-refractivity contribution in [2.24, 2.45) is 0 Å². The third-order valence-electron chi connectivity index (χ3n) is 3.29. The van der Waals surface area contributed by atoms with Crippen molar-refractivity contribution in [1.29, 1.82) is 0 Å².